The van der Waals surface area contributed by atoms with Crippen LogP contribution in [0.3, 0.4) is 0 Å². The largest absolute Gasteiger partial charge is 0.309 e. The van der Waals surface area contributed by atoms with Crippen molar-refractivity contribution in [3.63, 3.8) is 0 Å². The molecule has 11 rings (SSSR count). The van der Waals surface area contributed by atoms with E-state index in [-0.39, 0.29) is 0 Å². The Morgan fingerprint density at radius 2 is 0.959 bits per heavy atom. The highest BCUT2D eigenvalue weighted by atomic mass is 32.1. The molecule has 0 radical (unpaired) electrons. The lowest BCUT2D eigenvalue weighted by molar-refractivity contribution is 1.17. The fraction of sp³-hybridized carbons (Fsp3) is 0. The number of aromatic nitrogens is 2. The number of benzene rings is 8. The summed E-state index contributed by atoms with van der Waals surface area (Å²) in [7, 11) is 0. The second-order valence-electron chi connectivity index (χ2n) is 12.9. The Balaban J connectivity index is 1.17. The third-order valence-electron chi connectivity index (χ3n) is 10.3. The van der Waals surface area contributed by atoms with Crippen molar-refractivity contribution in [2.45, 2.75) is 0 Å². The molecule has 3 heteroatoms. The summed E-state index contributed by atoms with van der Waals surface area (Å²) in [5, 5.41) is 10.2. The van der Waals surface area contributed by atoms with Gasteiger partial charge in [-0.3, -0.25) is 0 Å². The number of para-hydroxylation sites is 2. The molecule has 0 N–H and O–H groups in total. The Labute approximate surface area is 286 Å². The Hall–Kier alpha value is -6.16. The van der Waals surface area contributed by atoms with Crippen LogP contribution < -0.4 is 0 Å². The van der Waals surface area contributed by atoms with Gasteiger partial charge in [0, 0.05) is 52.8 Å². The molecular formula is C46H28N2S. The van der Waals surface area contributed by atoms with Crippen LogP contribution >= 0.6 is 11.3 Å². The van der Waals surface area contributed by atoms with Crippen molar-refractivity contribution in [2.75, 3.05) is 0 Å². The maximum atomic E-state index is 2.46. The molecule has 0 aliphatic heterocycles. The molecule has 0 atom stereocenters. The summed E-state index contributed by atoms with van der Waals surface area (Å²) in [6, 6.07) is 62.4. The van der Waals surface area contributed by atoms with Gasteiger partial charge in [-0.25, -0.2) is 0 Å². The van der Waals surface area contributed by atoms with E-state index in [0.717, 1.165) is 5.69 Å². The van der Waals surface area contributed by atoms with Crippen molar-refractivity contribution in [3.8, 4) is 22.5 Å². The lowest BCUT2D eigenvalue weighted by Crippen LogP contribution is -1.96. The summed E-state index contributed by atoms with van der Waals surface area (Å²) in [6.07, 6.45) is 0. The minimum atomic E-state index is 1.16. The average Bonchev–Trinajstić information content (AvgIpc) is 3.81. The van der Waals surface area contributed by atoms with Gasteiger partial charge in [0.05, 0.1) is 27.8 Å². The van der Waals surface area contributed by atoms with Crippen molar-refractivity contribution in [1.82, 2.24) is 9.13 Å². The summed E-state index contributed by atoms with van der Waals surface area (Å²) in [5.41, 5.74) is 9.73. The zero-order chi connectivity index (χ0) is 32.1. The van der Waals surface area contributed by atoms with Gasteiger partial charge in [-0.2, -0.15) is 0 Å². The lowest BCUT2D eigenvalue weighted by Gasteiger charge is -2.13. The van der Waals surface area contributed by atoms with Gasteiger partial charge < -0.3 is 9.13 Å². The first-order chi connectivity index (χ1) is 24.3. The van der Waals surface area contributed by atoms with E-state index >= 15 is 0 Å². The fourth-order valence-electron chi connectivity index (χ4n) is 8.14. The van der Waals surface area contributed by atoms with Gasteiger partial charge in [0.1, 0.15) is 0 Å². The van der Waals surface area contributed by atoms with Crippen LogP contribution in [-0.4, -0.2) is 9.13 Å². The number of rotatable bonds is 3. The maximum absolute atomic E-state index is 2.46. The number of fused-ring (bicyclic) bond motifs is 10. The molecule has 0 spiro atoms. The van der Waals surface area contributed by atoms with Crippen molar-refractivity contribution < 1.29 is 0 Å². The van der Waals surface area contributed by atoms with Gasteiger partial charge in [0.25, 0.3) is 0 Å². The molecule has 49 heavy (non-hydrogen) atoms. The minimum Gasteiger partial charge on any atom is -0.309 e. The normalized spacial score (nSPS) is 12.1. The van der Waals surface area contributed by atoms with Crippen LogP contribution in [-0.2, 0) is 0 Å². The second kappa shape index (κ2) is 10.2. The van der Waals surface area contributed by atoms with E-state index in [0.29, 0.717) is 0 Å². The predicted octanol–water partition coefficient (Wildman–Crippen LogP) is 13.1. The SMILES string of the molecule is c1ccc2c(-n3c4ccccc4c4cc5c6ccccc6n(-c6ccc(-c7cccc8c7sc7ccccc78)cc6)c5cc43)cccc2c1. The molecule has 0 bridgehead atoms. The van der Waals surface area contributed by atoms with E-state index < -0.39 is 0 Å². The Kier molecular flexibility index (Phi) is 5.57. The van der Waals surface area contributed by atoms with Gasteiger partial charge in [-0.1, -0.05) is 121 Å². The van der Waals surface area contributed by atoms with Gasteiger partial charge in [-0.05, 0) is 65.0 Å². The summed E-state index contributed by atoms with van der Waals surface area (Å²) in [5.74, 6) is 0. The van der Waals surface area contributed by atoms with Crippen LogP contribution in [0, 0.1) is 0 Å². The highest BCUT2D eigenvalue weighted by Gasteiger charge is 2.19. The summed E-state index contributed by atoms with van der Waals surface area (Å²) in [4.78, 5) is 0. The van der Waals surface area contributed by atoms with Crippen LogP contribution in [0.4, 0.5) is 0 Å². The van der Waals surface area contributed by atoms with Crippen LogP contribution in [0.25, 0.3) is 97.1 Å². The average molecular weight is 641 g/mol. The van der Waals surface area contributed by atoms with E-state index in [9.17, 15) is 0 Å². The minimum absolute atomic E-state index is 1.16. The maximum Gasteiger partial charge on any atom is 0.0562 e. The molecule has 0 amide bonds. The molecule has 11 aromatic rings. The van der Waals surface area contributed by atoms with Crippen molar-refractivity contribution >= 4 is 85.9 Å². The van der Waals surface area contributed by atoms with Gasteiger partial charge >= 0.3 is 0 Å². The quantitative estimate of drug-likeness (QED) is 0.182. The first-order valence-corrected chi connectivity index (χ1v) is 17.6. The molecule has 3 aromatic heterocycles. The van der Waals surface area contributed by atoms with Crippen LogP contribution in [0.2, 0.25) is 0 Å². The molecule has 3 heterocycles. The Morgan fingerprint density at radius 3 is 1.76 bits per heavy atom. The van der Waals surface area contributed by atoms with Crippen molar-refractivity contribution in [1.29, 1.82) is 0 Å². The molecule has 228 valence electrons. The van der Waals surface area contributed by atoms with Crippen molar-refractivity contribution in [2.24, 2.45) is 0 Å². The zero-order valence-corrected chi connectivity index (χ0v) is 27.3. The predicted molar refractivity (Wildman–Crippen MR) is 211 cm³/mol. The van der Waals surface area contributed by atoms with Gasteiger partial charge in [0.15, 0.2) is 0 Å². The van der Waals surface area contributed by atoms with Crippen LogP contribution in [0.1, 0.15) is 0 Å². The van der Waals surface area contributed by atoms with Crippen LogP contribution in [0.15, 0.2) is 170 Å². The third kappa shape index (κ3) is 3.82. The summed E-state index contributed by atoms with van der Waals surface area (Å²) < 4.78 is 7.58. The van der Waals surface area contributed by atoms with E-state index in [1.165, 1.54) is 91.4 Å². The number of nitrogens with zero attached hydrogens (tertiary/aromatic N) is 2. The molecule has 0 aliphatic carbocycles. The van der Waals surface area contributed by atoms with Gasteiger partial charge in [-0.15, -0.1) is 11.3 Å². The molecule has 0 aliphatic rings. The monoisotopic (exact) mass is 640 g/mol. The highest BCUT2D eigenvalue weighted by molar-refractivity contribution is 7.26. The molecule has 2 nitrogen and oxygen atoms in total. The van der Waals surface area contributed by atoms with Crippen LogP contribution in [0.5, 0.6) is 0 Å². The van der Waals surface area contributed by atoms with E-state index in [2.05, 4.69) is 179 Å². The third-order valence-corrected chi connectivity index (χ3v) is 11.5. The highest BCUT2D eigenvalue weighted by Crippen LogP contribution is 2.42. The first-order valence-electron chi connectivity index (χ1n) is 16.8. The Morgan fingerprint density at radius 1 is 0.367 bits per heavy atom. The molecule has 0 unspecified atom stereocenters. The summed E-state index contributed by atoms with van der Waals surface area (Å²) >= 11 is 1.88. The molecule has 0 fully saturated rings. The zero-order valence-electron chi connectivity index (χ0n) is 26.5. The summed E-state index contributed by atoms with van der Waals surface area (Å²) in [6.45, 7) is 0. The molecule has 8 aromatic carbocycles. The van der Waals surface area contributed by atoms with Gasteiger partial charge in [0.2, 0.25) is 0 Å². The van der Waals surface area contributed by atoms with E-state index in [1.54, 1.807) is 0 Å². The van der Waals surface area contributed by atoms with Crippen molar-refractivity contribution in [3.05, 3.63) is 170 Å². The number of hydrogen-bond donors (Lipinski definition) is 0. The fourth-order valence-corrected chi connectivity index (χ4v) is 9.37. The standard InChI is InChI=1S/C46H28N2S/c1-2-13-32-29(11-1)12-9-21-40(32)48-42-20-7-4-15-35(42)39-27-38-34-14-3-6-19-41(34)47(43(38)28-44(39)48)31-25-23-30(24-26-31)33-17-10-18-37-36-16-5-8-22-45(36)49-46(33)37/h1-28H. The Bertz CT molecular complexity index is 3090. The molecule has 0 saturated heterocycles. The lowest BCUT2D eigenvalue weighted by atomic mass is 10.0. The van der Waals surface area contributed by atoms with E-state index in [1.807, 2.05) is 11.3 Å². The number of thiophene rings is 1. The topological polar surface area (TPSA) is 9.86 Å². The second-order valence-corrected chi connectivity index (χ2v) is 14.0. The smallest absolute Gasteiger partial charge is 0.0562 e. The first kappa shape index (κ1) is 26.9. The number of hydrogen-bond acceptors (Lipinski definition) is 1. The molecular weight excluding hydrogens is 613 g/mol. The molecule has 0 saturated carbocycles. The van der Waals surface area contributed by atoms with E-state index in [4.69, 9.17) is 0 Å².